The van der Waals surface area contributed by atoms with Crippen molar-refractivity contribution in [3.8, 4) is 0 Å². The lowest BCUT2D eigenvalue weighted by atomic mass is 9.79. The number of hydrogen-bond donors (Lipinski definition) is 0. The monoisotopic (exact) mass is 805 g/mol. The Kier molecular flexibility index (Phi) is 23.6. The summed E-state index contributed by atoms with van der Waals surface area (Å²) in [5, 5.41) is 0. The first-order chi connectivity index (χ1) is 27.9. The lowest BCUT2D eigenvalue weighted by Gasteiger charge is -2.26. The smallest absolute Gasteiger partial charge is 0.309 e. The van der Waals surface area contributed by atoms with Crippen LogP contribution in [0.25, 0.3) is 0 Å². The predicted octanol–water partition coefficient (Wildman–Crippen LogP) is 10.5. The molecule has 0 N–H and O–H groups in total. The van der Waals surface area contributed by atoms with Crippen LogP contribution >= 0.6 is 0 Å². The van der Waals surface area contributed by atoms with Crippen LogP contribution in [0, 0.1) is 23.7 Å². The van der Waals surface area contributed by atoms with E-state index in [4.69, 9.17) is 28.4 Å². The number of carbonyl (C=O) groups is 4. The Morgan fingerprint density at radius 2 is 0.526 bits per heavy atom. The number of epoxide rings is 2. The van der Waals surface area contributed by atoms with Crippen molar-refractivity contribution in [3.63, 3.8) is 0 Å². The molecule has 8 unspecified atom stereocenters. The highest BCUT2D eigenvalue weighted by Crippen LogP contribution is 2.45. The van der Waals surface area contributed by atoms with Crippen molar-refractivity contribution in [1.82, 2.24) is 0 Å². The van der Waals surface area contributed by atoms with E-state index in [1.807, 2.05) is 0 Å². The molecule has 4 aliphatic rings. The zero-order valence-corrected chi connectivity index (χ0v) is 36.0. The Hall–Kier alpha value is -2.20. The average Bonchev–Trinajstić information content (AvgIpc) is 4.15. The van der Waals surface area contributed by atoms with Gasteiger partial charge in [-0.15, -0.1) is 0 Å². The zero-order valence-electron chi connectivity index (χ0n) is 36.0. The second-order valence-electron chi connectivity index (χ2n) is 17.6. The average molecular weight is 805 g/mol. The van der Waals surface area contributed by atoms with Gasteiger partial charge in [0.05, 0.1) is 74.5 Å². The predicted molar refractivity (Wildman–Crippen MR) is 220 cm³/mol. The maximum absolute atomic E-state index is 13.1. The second kappa shape index (κ2) is 28.3. The largest absolute Gasteiger partial charge is 0.465 e. The molecule has 4 fully saturated rings. The molecular formula is C47H80O10. The first kappa shape index (κ1) is 47.5. The second-order valence-corrected chi connectivity index (χ2v) is 17.6. The number of carbonyl (C=O) groups excluding carboxylic acids is 4. The Labute approximate surface area is 345 Å². The number of ether oxygens (including phenoxy) is 6. The molecule has 2 aliphatic heterocycles. The third kappa shape index (κ3) is 18.7. The summed E-state index contributed by atoms with van der Waals surface area (Å²) in [6, 6.07) is 0. The van der Waals surface area contributed by atoms with Gasteiger partial charge >= 0.3 is 23.9 Å². The fourth-order valence-electron chi connectivity index (χ4n) is 8.92. The standard InChI is InChI=1S/C47H80O10/c1-3-5-7-9-11-13-15-17-19-21-24-28-52-44(48)36-32-40-42(56-40)34-38(36)46(50)54-30-26-23-27-31-55-47(51)39-35-43-41(57-43)33-37(39)45(49)53-29-25-22-20-18-16-14-12-10-8-6-4-2/h36-43H,3-35H2,1-2H3. The molecule has 2 saturated heterocycles. The maximum Gasteiger partial charge on any atom is 0.309 e. The number of fused-ring (bicyclic) bond motifs is 2. The molecule has 0 radical (unpaired) electrons. The molecule has 2 aliphatic carbocycles. The molecule has 328 valence electrons. The maximum atomic E-state index is 13.1. The summed E-state index contributed by atoms with van der Waals surface area (Å²) in [7, 11) is 0. The SMILES string of the molecule is CCCCCCCCCCCCCOC(=O)C1CC2OC2CC1C(=O)OCCCCCOC(=O)C1CC2OC2CC1C(=O)OCCCCCCCCCCCCC. The normalized spacial score (nSPS) is 25.9. The molecule has 10 nitrogen and oxygen atoms in total. The van der Waals surface area contributed by atoms with E-state index in [0.29, 0.717) is 58.2 Å². The van der Waals surface area contributed by atoms with Gasteiger partial charge in [-0.1, -0.05) is 142 Å². The van der Waals surface area contributed by atoms with Gasteiger partial charge in [-0.25, -0.2) is 0 Å². The van der Waals surface area contributed by atoms with E-state index in [9.17, 15) is 19.2 Å². The van der Waals surface area contributed by atoms with Gasteiger partial charge < -0.3 is 28.4 Å². The molecule has 10 heteroatoms. The van der Waals surface area contributed by atoms with Crippen molar-refractivity contribution in [1.29, 1.82) is 0 Å². The van der Waals surface area contributed by atoms with Gasteiger partial charge in [-0.3, -0.25) is 19.2 Å². The van der Waals surface area contributed by atoms with E-state index >= 15 is 0 Å². The van der Waals surface area contributed by atoms with Crippen LogP contribution in [0.2, 0.25) is 0 Å². The number of hydrogen-bond acceptors (Lipinski definition) is 10. The molecule has 2 heterocycles. The summed E-state index contributed by atoms with van der Waals surface area (Å²) in [5.74, 6) is -3.43. The van der Waals surface area contributed by atoms with Gasteiger partial charge in [0, 0.05) is 0 Å². The number of esters is 4. The first-order valence-corrected chi connectivity index (χ1v) is 23.9. The van der Waals surface area contributed by atoms with Gasteiger partial charge in [0.1, 0.15) is 0 Å². The lowest BCUT2D eigenvalue weighted by Crippen LogP contribution is -2.38. The third-order valence-electron chi connectivity index (χ3n) is 12.8. The molecule has 4 rings (SSSR count). The first-order valence-electron chi connectivity index (χ1n) is 23.9. The molecule has 0 amide bonds. The molecule has 0 aromatic heterocycles. The summed E-state index contributed by atoms with van der Waals surface area (Å²) in [4.78, 5) is 52.3. The van der Waals surface area contributed by atoms with E-state index in [0.717, 1.165) is 38.5 Å². The van der Waals surface area contributed by atoms with E-state index < -0.39 is 23.7 Å². The van der Waals surface area contributed by atoms with Crippen LogP contribution in [0.1, 0.15) is 200 Å². The van der Waals surface area contributed by atoms with Crippen molar-refractivity contribution < 1.29 is 47.6 Å². The molecule has 2 saturated carbocycles. The van der Waals surface area contributed by atoms with Gasteiger partial charge in [0.25, 0.3) is 0 Å². The lowest BCUT2D eigenvalue weighted by molar-refractivity contribution is -0.162. The Balaban J connectivity index is 1.01. The van der Waals surface area contributed by atoms with Gasteiger partial charge in [-0.05, 0) is 57.8 Å². The number of rotatable bonds is 34. The van der Waals surface area contributed by atoms with E-state index in [1.165, 1.54) is 103 Å². The van der Waals surface area contributed by atoms with E-state index in [1.54, 1.807) is 0 Å². The van der Waals surface area contributed by atoms with Crippen LogP contribution in [0.3, 0.4) is 0 Å². The highest BCUT2D eigenvalue weighted by Gasteiger charge is 2.54. The van der Waals surface area contributed by atoms with Gasteiger partial charge in [0.2, 0.25) is 0 Å². The minimum atomic E-state index is -0.538. The van der Waals surface area contributed by atoms with Gasteiger partial charge in [-0.2, -0.15) is 0 Å². The van der Waals surface area contributed by atoms with E-state index in [2.05, 4.69) is 13.8 Å². The molecule has 0 bridgehead atoms. The Morgan fingerprint density at radius 3 is 0.754 bits per heavy atom. The van der Waals surface area contributed by atoms with Crippen LogP contribution in [0.5, 0.6) is 0 Å². The van der Waals surface area contributed by atoms with Crippen molar-refractivity contribution in [2.24, 2.45) is 23.7 Å². The summed E-state index contributed by atoms with van der Waals surface area (Å²) in [5.41, 5.74) is 0. The molecule has 0 spiro atoms. The van der Waals surface area contributed by atoms with Crippen molar-refractivity contribution >= 4 is 23.9 Å². The Bertz CT molecular complexity index is 1060. The minimum absolute atomic E-state index is 0.0327. The summed E-state index contributed by atoms with van der Waals surface area (Å²) in [6.07, 6.45) is 31.3. The van der Waals surface area contributed by atoms with Crippen LogP contribution in [0.4, 0.5) is 0 Å². The van der Waals surface area contributed by atoms with Crippen LogP contribution in [0.15, 0.2) is 0 Å². The summed E-state index contributed by atoms with van der Waals surface area (Å²) in [6.45, 7) is 5.78. The summed E-state index contributed by atoms with van der Waals surface area (Å²) >= 11 is 0. The molecule has 57 heavy (non-hydrogen) atoms. The quantitative estimate of drug-likeness (QED) is 0.0268. The highest BCUT2D eigenvalue weighted by molar-refractivity contribution is 5.83. The fourth-order valence-corrected chi connectivity index (χ4v) is 8.92. The molecule has 0 aromatic carbocycles. The van der Waals surface area contributed by atoms with Gasteiger partial charge in [0.15, 0.2) is 0 Å². The van der Waals surface area contributed by atoms with Crippen LogP contribution < -0.4 is 0 Å². The van der Waals surface area contributed by atoms with Crippen molar-refractivity contribution in [2.45, 2.75) is 224 Å². The number of unbranched alkanes of at least 4 members (excludes halogenated alkanes) is 22. The molecular weight excluding hydrogens is 725 g/mol. The topological polar surface area (TPSA) is 130 Å². The van der Waals surface area contributed by atoms with Crippen LogP contribution in [-0.2, 0) is 47.6 Å². The summed E-state index contributed by atoms with van der Waals surface area (Å²) < 4.78 is 33.9. The Morgan fingerprint density at radius 1 is 0.333 bits per heavy atom. The third-order valence-corrected chi connectivity index (χ3v) is 12.8. The molecule has 8 atom stereocenters. The van der Waals surface area contributed by atoms with Crippen molar-refractivity contribution in [3.05, 3.63) is 0 Å². The van der Waals surface area contributed by atoms with Crippen LogP contribution in [-0.4, -0.2) is 74.7 Å². The zero-order chi connectivity index (χ0) is 40.5. The molecule has 0 aromatic rings. The fraction of sp³-hybridized carbons (Fsp3) is 0.915. The van der Waals surface area contributed by atoms with Crippen molar-refractivity contribution in [2.75, 3.05) is 26.4 Å². The highest BCUT2D eigenvalue weighted by atomic mass is 16.6. The van der Waals surface area contributed by atoms with E-state index in [-0.39, 0.29) is 61.5 Å². The minimum Gasteiger partial charge on any atom is -0.465 e.